The largest absolute Gasteiger partial charge is 0.352 e. The summed E-state index contributed by atoms with van der Waals surface area (Å²) in [7, 11) is 0. The number of amides is 1. The van der Waals surface area contributed by atoms with Gasteiger partial charge in [-0.15, -0.1) is 5.10 Å². The molecule has 28 heavy (non-hydrogen) atoms. The van der Waals surface area contributed by atoms with Gasteiger partial charge in [0.1, 0.15) is 5.52 Å². The van der Waals surface area contributed by atoms with Crippen LogP contribution in [0.25, 0.3) is 21.9 Å². The first-order valence-corrected chi connectivity index (χ1v) is 9.51. The van der Waals surface area contributed by atoms with Crippen molar-refractivity contribution in [2.75, 3.05) is 0 Å². The van der Waals surface area contributed by atoms with Crippen LogP contribution in [0, 0.1) is 13.8 Å². The molecule has 2 aromatic carbocycles. The van der Waals surface area contributed by atoms with E-state index in [0.717, 1.165) is 21.9 Å². The minimum Gasteiger partial charge on any atom is -0.352 e. The lowest BCUT2D eigenvalue weighted by Gasteiger charge is -2.14. The molecule has 0 aliphatic rings. The summed E-state index contributed by atoms with van der Waals surface area (Å²) < 4.78 is 3.73. The number of nitrogens with one attached hydrogen (secondary N) is 1. The number of rotatable bonds is 6. The molecule has 0 unspecified atom stereocenters. The Balaban J connectivity index is 1.36. The fourth-order valence-electron chi connectivity index (χ4n) is 3.42. The van der Waals surface area contributed by atoms with Crippen molar-refractivity contribution in [3.8, 4) is 0 Å². The van der Waals surface area contributed by atoms with Crippen LogP contribution in [0.15, 0.2) is 42.6 Å². The van der Waals surface area contributed by atoms with Crippen molar-refractivity contribution in [1.82, 2.24) is 30.1 Å². The predicted octanol–water partition coefficient (Wildman–Crippen LogP) is 2.99. The standard InChI is InChI=1S/C21H24N6O/c1-14-10-18-20(11-15(14)2)27(25-24-18)13-16(3)23-21(28)8-9-26-19-7-5-4-6-17(19)12-22-26/h4-7,10-12,16H,8-9,13H2,1-3H3,(H,23,28)/t16-/m1/s1. The second-order valence-corrected chi connectivity index (χ2v) is 7.34. The number of benzene rings is 2. The van der Waals surface area contributed by atoms with Crippen LogP contribution >= 0.6 is 0 Å². The molecule has 0 fully saturated rings. The third-order valence-corrected chi connectivity index (χ3v) is 5.09. The third kappa shape index (κ3) is 3.60. The maximum atomic E-state index is 12.4. The van der Waals surface area contributed by atoms with Crippen molar-refractivity contribution in [1.29, 1.82) is 0 Å². The van der Waals surface area contributed by atoms with Crippen LogP contribution in [0.1, 0.15) is 24.5 Å². The first-order chi connectivity index (χ1) is 13.5. The normalized spacial score (nSPS) is 12.5. The molecule has 0 spiro atoms. The average Bonchev–Trinajstić information content (AvgIpc) is 3.25. The number of hydrogen-bond acceptors (Lipinski definition) is 4. The lowest BCUT2D eigenvalue weighted by molar-refractivity contribution is -0.122. The topological polar surface area (TPSA) is 77.6 Å². The highest BCUT2D eigenvalue weighted by Crippen LogP contribution is 2.17. The Morgan fingerprint density at radius 3 is 2.75 bits per heavy atom. The molecule has 1 atom stereocenters. The smallest absolute Gasteiger partial charge is 0.222 e. The van der Waals surface area contributed by atoms with Crippen LogP contribution in [0.3, 0.4) is 0 Å². The lowest BCUT2D eigenvalue weighted by Crippen LogP contribution is -2.36. The van der Waals surface area contributed by atoms with Gasteiger partial charge in [0.2, 0.25) is 5.91 Å². The Morgan fingerprint density at radius 1 is 1.11 bits per heavy atom. The van der Waals surface area contributed by atoms with Crippen LogP contribution in [0.5, 0.6) is 0 Å². The summed E-state index contributed by atoms with van der Waals surface area (Å²) in [5.74, 6) is 0.00327. The fourth-order valence-corrected chi connectivity index (χ4v) is 3.42. The van der Waals surface area contributed by atoms with Crippen molar-refractivity contribution in [2.24, 2.45) is 0 Å². The van der Waals surface area contributed by atoms with E-state index >= 15 is 0 Å². The highest BCUT2D eigenvalue weighted by molar-refractivity contribution is 5.79. The van der Waals surface area contributed by atoms with Gasteiger partial charge in [0.05, 0.1) is 30.3 Å². The van der Waals surface area contributed by atoms with E-state index in [9.17, 15) is 4.79 Å². The van der Waals surface area contributed by atoms with E-state index in [1.807, 2.05) is 52.8 Å². The number of aryl methyl sites for hydroxylation is 3. The molecule has 144 valence electrons. The quantitative estimate of drug-likeness (QED) is 0.561. The predicted molar refractivity (Wildman–Crippen MR) is 109 cm³/mol. The number of carbonyl (C=O) groups excluding carboxylic acids is 1. The summed E-state index contributed by atoms with van der Waals surface area (Å²) in [6, 6.07) is 12.1. The van der Waals surface area contributed by atoms with Crippen LogP contribution in [-0.2, 0) is 17.9 Å². The highest BCUT2D eigenvalue weighted by Gasteiger charge is 2.13. The van der Waals surface area contributed by atoms with E-state index in [-0.39, 0.29) is 11.9 Å². The van der Waals surface area contributed by atoms with Gasteiger partial charge in [0.25, 0.3) is 0 Å². The summed E-state index contributed by atoms with van der Waals surface area (Å²) in [5.41, 5.74) is 5.33. The molecule has 7 heteroatoms. The Labute approximate surface area is 163 Å². The highest BCUT2D eigenvalue weighted by atomic mass is 16.1. The van der Waals surface area contributed by atoms with Crippen molar-refractivity contribution >= 4 is 27.8 Å². The van der Waals surface area contributed by atoms with E-state index in [0.29, 0.717) is 19.5 Å². The third-order valence-electron chi connectivity index (χ3n) is 5.09. The molecule has 7 nitrogen and oxygen atoms in total. The van der Waals surface area contributed by atoms with Gasteiger partial charge in [0.15, 0.2) is 0 Å². The molecule has 1 amide bonds. The molecule has 0 bridgehead atoms. The zero-order valence-electron chi connectivity index (χ0n) is 16.4. The van der Waals surface area contributed by atoms with Crippen LogP contribution in [0.2, 0.25) is 0 Å². The zero-order valence-corrected chi connectivity index (χ0v) is 16.4. The Morgan fingerprint density at radius 2 is 1.89 bits per heavy atom. The lowest BCUT2D eigenvalue weighted by atomic mass is 10.1. The Hall–Kier alpha value is -3.22. The van der Waals surface area contributed by atoms with Crippen molar-refractivity contribution < 1.29 is 4.79 Å². The zero-order chi connectivity index (χ0) is 19.7. The molecule has 4 rings (SSSR count). The molecule has 0 radical (unpaired) electrons. The maximum absolute atomic E-state index is 12.4. The van der Waals surface area contributed by atoms with E-state index in [4.69, 9.17) is 0 Å². The molecule has 4 aromatic rings. The number of para-hydroxylation sites is 1. The van der Waals surface area contributed by atoms with E-state index in [2.05, 4.69) is 40.6 Å². The van der Waals surface area contributed by atoms with Gasteiger partial charge in [-0.2, -0.15) is 5.10 Å². The molecule has 2 heterocycles. The summed E-state index contributed by atoms with van der Waals surface area (Å²) >= 11 is 0. The van der Waals surface area contributed by atoms with E-state index in [1.165, 1.54) is 11.1 Å². The Bertz CT molecular complexity index is 1140. The van der Waals surface area contributed by atoms with Gasteiger partial charge in [-0.3, -0.25) is 9.48 Å². The fraction of sp³-hybridized carbons (Fsp3) is 0.333. The minimum absolute atomic E-state index is 0.00327. The van der Waals surface area contributed by atoms with Crippen LogP contribution in [-0.4, -0.2) is 36.7 Å². The molecule has 0 aliphatic heterocycles. The van der Waals surface area contributed by atoms with Gasteiger partial charge >= 0.3 is 0 Å². The summed E-state index contributed by atoms with van der Waals surface area (Å²) in [6.45, 7) is 7.26. The summed E-state index contributed by atoms with van der Waals surface area (Å²) in [4.78, 5) is 12.4. The first-order valence-electron chi connectivity index (χ1n) is 9.51. The van der Waals surface area contributed by atoms with Gasteiger partial charge in [-0.1, -0.05) is 23.4 Å². The molecule has 0 saturated heterocycles. The average molecular weight is 376 g/mol. The number of nitrogens with zero attached hydrogens (tertiary/aromatic N) is 5. The number of carbonyl (C=O) groups is 1. The second-order valence-electron chi connectivity index (χ2n) is 7.34. The van der Waals surface area contributed by atoms with Crippen molar-refractivity contribution in [2.45, 2.75) is 46.3 Å². The molecule has 0 aliphatic carbocycles. The van der Waals surface area contributed by atoms with Crippen molar-refractivity contribution in [3.63, 3.8) is 0 Å². The van der Waals surface area contributed by atoms with Gasteiger partial charge in [0, 0.05) is 17.8 Å². The molecule has 0 saturated carbocycles. The van der Waals surface area contributed by atoms with Crippen LogP contribution in [0.4, 0.5) is 0 Å². The van der Waals surface area contributed by atoms with Crippen LogP contribution < -0.4 is 5.32 Å². The van der Waals surface area contributed by atoms with E-state index in [1.54, 1.807) is 0 Å². The van der Waals surface area contributed by atoms with Crippen molar-refractivity contribution in [3.05, 3.63) is 53.7 Å². The number of fused-ring (bicyclic) bond motifs is 2. The SMILES string of the molecule is Cc1cc2nnn(C[C@@H](C)NC(=O)CCn3ncc4ccccc43)c2cc1C. The summed E-state index contributed by atoms with van der Waals surface area (Å²) in [6.07, 6.45) is 2.21. The molecule has 1 N–H and O–H groups in total. The summed E-state index contributed by atoms with van der Waals surface area (Å²) in [5, 5.41) is 17.0. The molecular weight excluding hydrogens is 352 g/mol. The Kier molecular flexibility index (Phi) is 4.81. The van der Waals surface area contributed by atoms with E-state index < -0.39 is 0 Å². The minimum atomic E-state index is -0.0478. The maximum Gasteiger partial charge on any atom is 0.222 e. The van der Waals surface area contributed by atoms with Gasteiger partial charge in [-0.05, 0) is 50.1 Å². The first kappa shape index (κ1) is 18.2. The molecular formula is C21H24N6O. The number of hydrogen-bond donors (Lipinski definition) is 1. The van der Waals surface area contributed by atoms with Gasteiger partial charge in [-0.25, -0.2) is 4.68 Å². The number of aromatic nitrogens is 5. The monoisotopic (exact) mass is 376 g/mol. The molecule has 2 aromatic heterocycles. The second kappa shape index (κ2) is 7.42. The van der Waals surface area contributed by atoms with Gasteiger partial charge < -0.3 is 5.32 Å².